The molecule has 20 heavy (non-hydrogen) atoms. The summed E-state index contributed by atoms with van der Waals surface area (Å²) >= 11 is 0. The Morgan fingerprint density at radius 3 is 2.65 bits per heavy atom. The minimum absolute atomic E-state index is 0.469. The van der Waals surface area contributed by atoms with Gasteiger partial charge in [0.25, 0.3) is 0 Å². The van der Waals surface area contributed by atoms with Crippen LogP contribution in [0.3, 0.4) is 0 Å². The van der Waals surface area contributed by atoms with E-state index in [1.165, 1.54) is 55.7 Å². The average molecular weight is 274 g/mol. The van der Waals surface area contributed by atoms with Gasteiger partial charge in [0.2, 0.25) is 0 Å². The van der Waals surface area contributed by atoms with Crippen LogP contribution in [0.1, 0.15) is 31.2 Å². The van der Waals surface area contributed by atoms with Crippen molar-refractivity contribution in [2.24, 2.45) is 5.92 Å². The summed E-state index contributed by atoms with van der Waals surface area (Å²) in [6.45, 7) is 5.43. The predicted molar refractivity (Wildman–Crippen MR) is 84.6 cm³/mol. The molecule has 1 N–H and O–H groups in total. The molecule has 3 rings (SSSR count). The van der Waals surface area contributed by atoms with Gasteiger partial charge in [-0.1, -0.05) is 0 Å². The molecule has 1 heterocycles. The maximum atomic E-state index is 5.35. The second kappa shape index (κ2) is 6.04. The highest BCUT2D eigenvalue weighted by atomic mass is 16.5. The van der Waals surface area contributed by atoms with Gasteiger partial charge in [-0.05, 0) is 62.3 Å². The Hall–Kier alpha value is -1.22. The second-order valence-corrected chi connectivity index (χ2v) is 6.24. The van der Waals surface area contributed by atoms with E-state index in [0.717, 1.165) is 12.5 Å². The highest BCUT2D eigenvalue weighted by Gasteiger charge is 2.31. The third kappa shape index (κ3) is 3.09. The summed E-state index contributed by atoms with van der Waals surface area (Å²) in [6.07, 6.45) is 5.34. The fourth-order valence-electron chi connectivity index (χ4n) is 3.16. The lowest BCUT2D eigenvalue weighted by molar-refractivity contribution is 0.179. The van der Waals surface area contributed by atoms with Crippen molar-refractivity contribution >= 4 is 11.4 Å². The molecular weight excluding hydrogens is 248 g/mol. The molecule has 3 nitrogen and oxygen atoms in total. The number of hydrogen-bond acceptors (Lipinski definition) is 3. The third-order valence-corrected chi connectivity index (χ3v) is 4.56. The molecular formula is C17H26N2O. The lowest BCUT2D eigenvalue weighted by Gasteiger charge is -2.23. The Balaban J connectivity index is 1.69. The molecule has 110 valence electrons. The van der Waals surface area contributed by atoms with Gasteiger partial charge >= 0.3 is 0 Å². The summed E-state index contributed by atoms with van der Waals surface area (Å²) < 4.78 is 5.35. The number of benzene rings is 1. The van der Waals surface area contributed by atoms with Gasteiger partial charge in [0.15, 0.2) is 0 Å². The van der Waals surface area contributed by atoms with Crippen LogP contribution in [0, 0.1) is 12.8 Å². The summed E-state index contributed by atoms with van der Waals surface area (Å²) in [5, 5.41) is 3.68. The number of anilines is 2. The number of nitrogens with one attached hydrogen (secondary N) is 1. The van der Waals surface area contributed by atoms with Crippen LogP contribution >= 0.6 is 0 Å². The SMILES string of the molecule is COCC(Nc1ccc(N2CCCC2)cc1C)C1CC1. The van der Waals surface area contributed by atoms with Gasteiger partial charge in [-0.3, -0.25) is 0 Å². The number of nitrogens with zero attached hydrogens (tertiary/aromatic N) is 1. The Morgan fingerprint density at radius 1 is 1.30 bits per heavy atom. The molecule has 0 radical (unpaired) electrons. The molecule has 1 unspecified atom stereocenters. The molecule has 2 fully saturated rings. The van der Waals surface area contributed by atoms with Gasteiger partial charge in [0.1, 0.15) is 0 Å². The zero-order valence-electron chi connectivity index (χ0n) is 12.7. The van der Waals surface area contributed by atoms with Gasteiger partial charge in [-0.15, -0.1) is 0 Å². The van der Waals surface area contributed by atoms with Crippen LogP contribution in [0.25, 0.3) is 0 Å². The summed E-state index contributed by atoms with van der Waals surface area (Å²) in [7, 11) is 1.79. The Labute approximate surface area is 122 Å². The number of aryl methyl sites for hydroxylation is 1. The monoisotopic (exact) mass is 274 g/mol. The van der Waals surface area contributed by atoms with Crippen molar-refractivity contribution in [1.29, 1.82) is 0 Å². The maximum absolute atomic E-state index is 5.35. The number of rotatable bonds is 6. The number of hydrogen-bond donors (Lipinski definition) is 1. The highest BCUT2D eigenvalue weighted by Crippen LogP contribution is 2.35. The van der Waals surface area contributed by atoms with E-state index in [4.69, 9.17) is 4.74 Å². The molecule has 1 saturated heterocycles. The molecule has 1 atom stereocenters. The van der Waals surface area contributed by atoms with Crippen molar-refractivity contribution in [2.75, 3.05) is 37.0 Å². The summed E-state index contributed by atoms with van der Waals surface area (Å²) in [4.78, 5) is 2.49. The molecule has 1 aliphatic heterocycles. The maximum Gasteiger partial charge on any atom is 0.0666 e. The van der Waals surface area contributed by atoms with E-state index < -0.39 is 0 Å². The number of methoxy groups -OCH3 is 1. The van der Waals surface area contributed by atoms with Crippen LogP contribution in [0.4, 0.5) is 11.4 Å². The van der Waals surface area contributed by atoms with Crippen molar-refractivity contribution in [2.45, 2.75) is 38.6 Å². The fourth-order valence-corrected chi connectivity index (χ4v) is 3.16. The van der Waals surface area contributed by atoms with E-state index in [1.54, 1.807) is 7.11 Å². The van der Waals surface area contributed by atoms with Crippen molar-refractivity contribution < 1.29 is 4.74 Å². The molecule has 0 amide bonds. The average Bonchev–Trinajstić information content (AvgIpc) is 3.15. The molecule has 1 aromatic carbocycles. The van der Waals surface area contributed by atoms with Crippen LogP contribution in [0.5, 0.6) is 0 Å². The van der Waals surface area contributed by atoms with Crippen molar-refractivity contribution in [3.05, 3.63) is 23.8 Å². The van der Waals surface area contributed by atoms with Gasteiger partial charge in [0.05, 0.1) is 12.6 Å². The quantitative estimate of drug-likeness (QED) is 0.860. The predicted octanol–water partition coefficient (Wildman–Crippen LogP) is 3.43. The Bertz CT molecular complexity index is 450. The van der Waals surface area contributed by atoms with Crippen LogP contribution in [0.15, 0.2) is 18.2 Å². The van der Waals surface area contributed by atoms with E-state index in [9.17, 15) is 0 Å². The normalized spacial score (nSPS) is 20.2. The lowest BCUT2D eigenvalue weighted by Crippen LogP contribution is -2.27. The molecule has 1 saturated carbocycles. The molecule has 0 aromatic heterocycles. The van der Waals surface area contributed by atoms with Crippen LogP contribution in [-0.4, -0.2) is 32.8 Å². The van der Waals surface area contributed by atoms with Crippen molar-refractivity contribution in [3.8, 4) is 0 Å². The van der Waals surface area contributed by atoms with Gasteiger partial charge < -0.3 is 15.0 Å². The van der Waals surface area contributed by atoms with E-state index in [-0.39, 0.29) is 0 Å². The minimum Gasteiger partial charge on any atom is -0.383 e. The van der Waals surface area contributed by atoms with E-state index in [2.05, 4.69) is 35.3 Å². The molecule has 3 heteroatoms. The van der Waals surface area contributed by atoms with E-state index in [0.29, 0.717) is 6.04 Å². The first-order chi connectivity index (χ1) is 9.78. The standard InChI is InChI=1S/C17H26N2O/c1-13-11-15(19-9-3-4-10-19)7-8-16(13)18-17(12-20-2)14-5-6-14/h7-8,11,14,17-18H,3-6,9-10,12H2,1-2H3. The zero-order chi connectivity index (χ0) is 13.9. The molecule has 1 aliphatic carbocycles. The summed E-state index contributed by atoms with van der Waals surface area (Å²) in [6, 6.07) is 7.30. The zero-order valence-corrected chi connectivity index (χ0v) is 12.7. The van der Waals surface area contributed by atoms with Crippen LogP contribution < -0.4 is 10.2 Å². The highest BCUT2D eigenvalue weighted by molar-refractivity contribution is 5.61. The first kappa shape index (κ1) is 13.7. The third-order valence-electron chi connectivity index (χ3n) is 4.56. The molecule has 0 bridgehead atoms. The van der Waals surface area contributed by atoms with Crippen LogP contribution in [0.2, 0.25) is 0 Å². The van der Waals surface area contributed by atoms with Crippen molar-refractivity contribution in [3.63, 3.8) is 0 Å². The Morgan fingerprint density at radius 2 is 2.05 bits per heavy atom. The van der Waals surface area contributed by atoms with Gasteiger partial charge in [0, 0.05) is 31.6 Å². The smallest absolute Gasteiger partial charge is 0.0666 e. The van der Waals surface area contributed by atoms with E-state index in [1.807, 2.05) is 0 Å². The fraction of sp³-hybridized carbons (Fsp3) is 0.647. The molecule has 1 aromatic rings. The summed E-state index contributed by atoms with van der Waals surface area (Å²) in [5.41, 5.74) is 3.98. The number of ether oxygens (including phenoxy) is 1. The second-order valence-electron chi connectivity index (χ2n) is 6.24. The van der Waals surface area contributed by atoms with E-state index >= 15 is 0 Å². The lowest BCUT2D eigenvalue weighted by atomic mass is 10.1. The van der Waals surface area contributed by atoms with Crippen molar-refractivity contribution in [1.82, 2.24) is 0 Å². The Kier molecular flexibility index (Phi) is 4.16. The van der Waals surface area contributed by atoms with Gasteiger partial charge in [-0.25, -0.2) is 0 Å². The van der Waals surface area contributed by atoms with Gasteiger partial charge in [-0.2, -0.15) is 0 Å². The minimum atomic E-state index is 0.469. The first-order valence-corrected chi connectivity index (χ1v) is 7.89. The topological polar surface area (TPSA) is 24.5 Å². The summed E-state index contributed by atoms with van der Waals surface area (Å²) in [5.74, 6) is 0.799. The first-order valence-electron chi connectivity index (χ1n) is 7.89. The van der Waals surface area contributed by atoms with Crippen LogP contribution in [-0.2, 0) is 4.74 Å². The molecule has 2 aliphatic rings. The molecule has 0 spiro atoms. The largest absolute Gasteiger partial charge is 0.383 e.